The fraction of sp³-hybridized carbons (Fsp3) is 0. The molecule has 2 aromatic heterocycles. The topological polar surface area (TPSA) is 43.3 Å². The summed E-state index contributed by atoms with van der Waals surface area (Å²) in [5.74, 6) is 1.08. The Morgan fingerprint density at radius 1 is 1.70 bits per heavy atom. The molecule has 0 amide bonds. The van der Waals surface area contributed by atoms with Gasteiger partial charge in [-0.15, -0.1) is 5.10 Å². The van der Waals surface area contributed by atoms with Gasteiger partial charge < -0.3 is 4.42 Å². The summed E-state index contributed by atoms with van der Waals surface area (Å²) < 4.78 is 6.49. The van der Waals surface area contributed by atoms with E-state index in [1.807, 2.05) is 0 Å². The Kier molecular flexibility index (Phi) is 0.887. The van der Waals surface area contributed by atoms with Crippen LogP contribution in [0.25, 0.3) is 11.9 Å². The van der Waals surface area contributed by atoms with Crippen LogP contribution in [0, 0.1) is 0 Å². The van der Waals surface area contributed by atoms with E-state index in [1.165, 1.54) is 6.26 Å². The predicted octanol–water partition coefficient (Wildman–Crippen LogP) is 0.965. The lowest BCUT2D eigenvalue weighted by atomic mass is 10.6. The Hall–Kier alpha value is -1.58. The van der Waals surface area contributed by atoms with Gasteiger partial charge >= 0.3 is 5.84 Å². The lowest BCUT2D eigenvalue weighted by Gasteiger charge is -1.71. The molecule has 10 heavy (non-hydrogen) atoms. The van der Waals surface area contributed by atoms with Crippen LogP contribution in [0.4, 0.5) is 0 Å². The summed E-state index contributed by atoms with van der Waals surface area (Å²) in [5, 5.41) is 3.98. The highest BCUT2D eigenvalue weighted by molar-refractivity contribution is 5.39. The third-order valence-electron chi connectivity index (χ3n) is 1.17. The van der Waals surface area contributed by atoms with Crippen LogP contribution in [-0.4, -0.2) is 14.6 Å². The number of oxazole rings is 1. The molecule has 4 nitrogen and oxygen atoms in total. The summed E-state index contributed by atoms with van der Waals surface area (Å²) >= 11 is 0. The zero-order chi connectivity index (χ0) is 6.97. The second-order valence-corrected chi connectivity index (χ2v) is 1.80. The first-order valence-corrected chi connectivity index (χ1v) is 2.82. The molecule has 0 atom stereocenters. The van der Waals surface area contributed by atoms with E-state index >= 15 is 0 Å². The van der Waals surface area contributed by atoms with Crippen molar-refractivity contribution in [3.05, 3.63) is 24.9 Å². The van der Waals surface area contributed by atoms with Gasteiger partial charge in [-0.05, 0) is 6.08 Å². The van der Waals surface area contributed by atoms with Crippen LogP contribution >= 0.6 is 0 Å². The highest BCUT2D eigenvalue weighted by atomic mass is 16.3. The van der Waals surface area contributed by atoms with E-state index in [9.17, 15) is 0 Å². The van der Waals surface area contributed by atoms with Gasteiger partial charge in [-0.1, -0.05) is 6.58 Å². The van der Waals surface area contributed by atoms with Crippen LogP contribution in [0.15, 0.2) is 23.5 Å². The second kappa shape index (κ2) is 1.70. The molecular weight excluding hydrogens is 130 g/mol. The van der Waals surface area contributed by atoms with E-state index in [4.69, 9.17) is 4.42 Å². The third kappa shape index (κ3) is 0.556. The summed E-state index contributed by atoms with van der Waals surface area (Å²) in [6, 6.07) is 0. The molecule has 4 heteroatoms. The lowest BCUT2D eigenvalue weighted by molar-refractivity contribution is 0.594. The SMILES string of the molecule is C=Cc1nc2occn2n1. The monoisotopic (exact) mass is 135 g/mol. The Balaban J connectivity index is 2.78. The van der Waals surface area contributed by atoms with Gasteiger partial charge in [0.1, 0.15) is 6.26 Å². The molecule has 0 radical (unpaired) electrons. The Morgan fingerprint density at radius 2 is 2.60 bits per heavy atom. The molecule has 0 saturated carbocycles. The minimum absolute atomic E-state index is 0.495. The summed E-state index contributed by atoms with van der Waals surface area (Å²) in [4.78, 5) is 3.96. The molecule has 2 heterocycles. The summed E-state index contributed by atoms with van der Waals surface area (Å²) in [6.45, 7) is 3.53. The number of rotatable bonds is 1. The molecule has 0 aliphatic carbocycles. The summed E-state index contributed by atoms with van der Waals surface area (Å²) in [5.41, 5.74) is 0. The number of nitrogens with zero attached hydrogens (tertiary/aromatic N) is 3. The molecule has 50 valence electrons. The second-order valence-electron chi connectivity index (χ2n) is 1.80. The molecule has 2 aromatic rings. The maximum Gasteiger partial charge on any atom is 0.324 e. The summed E-state index contributed by atoms with van der Waals surface area (Å²) in [6.07, 6.45) is 4.79. The molecule has 0 N–H and O–H groups in total. The van der Waals surface area contributed by atoms with Crippen LogP contribution in [0.2, 0.25) is 0 Å². The van der Waals surface area contributed by atoms with E-state index in [1.54, 1.807) is 16.8 Å². The molecule has 0 spiro atoms. The van der Waals surface area contributed by atoms with Crippen LogP contribution in [0.3, 0.4) is 0 Å². The van der Waals surface area contributed by atoms with Gasteiger partial charge in [-0.3, -0.25) is 0 Å². The Bertz CT molecular complexity index is 331. The zero-order valence-corrected chi connectivity index (χ0v) is 5.19. The van der Waals surface area contributed by atoms with Crippen molar-refractivity contribution in [2.75, 3.05) is 0 Å². The number of hydrogen-bond acceptors (Lipinski definition) is 3. The van der Waals surface area contributed by atoms with Gasteiger partial charge in [0.05, 0.1) is 6.20 Å². The van der Waals surface area contributed by atoms with Crippen molar-refractivity contribution in [1.29, 1.82) is 0 Å². The fourth-order valence-corrected chi connectivity index (χ4v) is 0.738. The van der Waals surface area contributed by atoms with E-state index in [-0.39, 0.29) is 0 Å². The van der Waals surface area contributed by atoms with Crippen LogP contribution in [0.1, 0.15) is 5.82 Å². The van der Waals surface area contributed by atoms with Crippen LogP contribution in [-0.2, 0) is 0 Å². The predicted molar refractivity (Wildman–Crippen MR) is 35.3 cm³/mol. The van der Waals surface area contributed by atoms with Gasteiger partial charge in [-0.25, -0.2) is 0 Å². The summed E-state index contributed by atoms with van der Waals surface area (Å²) in [7, 11) is 0. The Morgan fingerprint density at radius 3 is 3.30 bits per heavy atom. The van der Waals surface area contributed by atoms with Crippen molar-refractivity contribution in [3.8, 4) is 0 Å². The van der Waals surface area contributed by atoms with Gasteiger partial charge in [0.15, 0.2) is 5.82 Å². The minimum Gasteiger partial charge on any atom is -0.431 e. The zero-order valence-electron chi connectivity index (χ0n) is 5.19. The molecule has 0 saturated heterocycles. The molecular formula is C6H5N3O. The van der Waals surface area contributed by atoms with Crippen molar-refractivity contribution in [2.45, 2.75) is 0 Å². The van der Waals surface area contributed by atoms with Crippen molar-refractivity contribution < 1.29 is 4.42 Å². The van der Waals surface area contributed by atoms with Crippen molar-refractivity contribution >= 4 is 11.9 Å². The minimum atomic E-state index is 0.495. The van der Waals surface area contributed by atoms with Crippen molar-refractivity contribution in [2.24, 2.45) is 0 Å². The first-order chi connectivity index (χ1) is 4.90. The fourth-order valence-electron chi connectivity index (χ4n) is 0.738. The molecule has 0 fully saturated rings. The number of fused-ring (bicyclic) bond motifs is 1. The lowest BCUT2D eigenvalue weighted by Crippen LogP contribution is -1.78. The van der Waals surface area contributed by atoms with Gasteiger partial charge in [0.25, 0.3) is 0 Å². The van der Waals surface area contributed by atoms with Crippen molar-refractivity contribution in [3.63, 3.8) is 0 Å². The van der Waals surface area contributed by atoms with Crippen molar-refractivity contribution in [1.82, 2.24) is 14.6 Å². The van der Waals surface area contributed by atoms with Gasteiger partial charge in [0, 0.05) is 0 Å². The number of aromatic nitrogens is 3. The average molecular weight is 135 g/mol. The molecule has 0 aromatic carbocycles. The smallest absolute Gasteiger partial charge is 0.324 e. The van der Waals surface area contributed by atoms with Gasteiger partial charge in [0.2, 0.25) is 0 Å². The largest absolute Gasteiger partial charge is 0.431 e. The van der Waals surface area contributed by atoms with E-state index in [0.717, 1.165) is 0 Å². The van der Waals surface area contributed by atoms with Gasteiger partial charge in [-0.2, -0.15) is 9.50 Å². The van der Waals surface area contributed by atoms with Crippen LogP contribution < -0.4 is 0 Å². The van der Waals surface area contributed by atoms with E-state index in [2.05, 4.69) is 16.7 Å². The van der Waals surface area contributed by atoms with Crippen LogP contribution in [0.5, 0.6) is 0 Å². The normalized spacial score (nSPS) is 10.4. The molecule has 0 aliphatic rings. The first-order valence-electron chi connectivity index (χ1n) is 2.82. The Labute approximate surface area is 56.8 Å². The standard InChI is InChI=1S/C6H5N3O/c1-2-5-7-6-9(8-5)3-4-10-6/h2-4H,1H2. The third-order valence-corrected chi connectivity index (χ3v) is 1.17. The molecule has 0 bridgehead atoms. The number of hydrogen-bond donors (Lipinski definition) is 0. The highest BCUT2D eigenvalue weighted by Gasteiger charge is 1.99. The maximum absolute atomic E-state index is 4.94. The quantitative estimate of drug-likeness (QED) is 0.585. The van der Waals surface area contributed by atoms with E-state index < -0.39 is 0 Å². The maximum atomic E-state index is 4.94. The molecule has 0 unspecified atom stereocenters. The first kappa shape index (κ1) is 5.22. The molecule has 2 rings (SSSR count). The van der Waals surface area contributed by atoms with E-state index in [0.29, 0.717) is 11.7 Å². The molecule has 0 aliphatic heterocycles. The highest BCUT2D eigenvalue weighted by Crippen LogP contribution is 2.01. The average Bonchev–Trinajstić information content (AvgIpc) is 2.42.